The molecule has 1 saturated heterocycles. The molecule has 0 spiro atoms. The smallest absolute Gasteiger partial charge is 0.243 e. The van der Waals surface area contributed by atoms with Crippen LogP contribution in [0.3, 0.4) is 0 Å². The minimum absolute atomic E-state index is 0.400. The molecular formula is C14H22N2O2S. The lowest BCUT2D eigenvalue weighted by molar-refractivity contribution is 0.346. The second-order valence-corrected chi connectivity index (χ2v) is 7.22. The fourth-order valence-corrected chi connectivity index (χ4v) is 4.77. The Balaban J connectivity index is 2.54. The third-order valence-electron chi connectivity index (χ3n) is 3.87. The molecule has 0 aliphatic carbocycles. The van der Waals surface area contributed by atoms with E-state index in [9.17, 15) is 8.42 Å². The molecule has 5 heteroatoms. The SMILES string of the molecule is Cc1cc(C)c(S(=O)(=O)N2CCCCC2)c(C)c1N. The number of aryl methyl sites for hydroxylation is 2. The lowest BCUT2D eigenvalue weighted by Gasteiger charge is -2.28. The second kappa shape index (κ2) is 5.13. The van der Waals surface area contributed by atoms with E-state index in [1.807, 2.05) is 19.9 Å². The summed E-state index contributed by atoms with van der Waals surface area (Å²) in [6, 6.07) is 1.86. The number of nitrogens with zero attached hydrogens (tertiary/aromatic N) is 1. The first kappa shape index (κ1) is 14.3. The first-order valence-corrected chi connectivity index (χ1v) is 8.16. The van der Waals surface area contributed by atoms with Gasteiger partial charge in [-0.25, -0.2) is 8.42 Å². The first-order chi connectivity index (χ1) is 8.85. The number of benzene rings is 1. The van der Waals surface area contributed by atoms with Gasteiger partial charge in [-0.1, -0.05) is 12.5 Å². The van der Waals surface area contributed by atoms with E-state index in [0.29, 0.717) is 29.2 Å². The summed E-state index contributed by atoms with van der Waals surface area (Å²) in [5.74, 6) is 0. The molecule has 106 valence electrons. The molecule has 1 aliphatic rings. The summed E-state index contributed by atoms with van der Waals surface area (Å²) in [4.78, 5) is 0.400. The van der Waals surface area contributed by atoms with E-state index in [2.05, 4.69) is 0 Å². The molecule has 0 aromatic heterocycles. The highest BCUT2D eigenvalue weighted by Gasteiger charge is 2.29. The Morgan fingerprint density at radius 2 is 1.63 bits per heavy atom. The molecule has 2 N–H and O–H groups in total. The van der Waals surface area contributed by atoms with Crippen molar-refractivity contribution in [2.75, 3.05) is 18.8 Å². The number of hydrogen-bond donors (Lipinski definition) is 1. The average molecular weight is 282 g/mol. The highest BCUT2D eigenvalue weighted by atomic mass is 32.2. The van der Waals surface area contributed by atoms with Crippen molar-refractivity contribution in [3.8, 4) is 0 Å². The molecule has 1 heterocycles. The Bertz CT molecular complexity index is 588. The number of nitrogens with two attached hydrogens (primary N) is 1. The van der Waals surface area contributed by atoms with Gasteiger partial charge in [0.1, 0.15) is 0 Å². The van der Waals surface area contributed by atoms with Gasteiger partial charge in [0.2, 0.25) is 10.0 Å². The van der Waals surface area contributed by atoms with Crippen molar-refractivity contribution < 1.29 is 8.42 Å². The molecule has 1 aliphatic heterocycles. The maximum Gasteiger partial charge on any atom is 0.243 e. The summed E-state index contributed by atoms with van der Waals surface area (Å²) < 4.78 is 27.1. The van der Waals surface area contributed by atoms with Crippen molar-refractivity contribution in [3.05, 3.63) is 22.8 Å². The highest BCUT2D eigenvalue weighted by molar-refractivity contribution is 7.89. The predicted molar refractivity (Wildman–Crippen MR) is 77.7 cm³/mol. The van der Waals surface area contributed by atoms with Gasteiger partial charge >= 0.3 is 0 Å². The van der Waals surface area contributed by atoms with Gasteiger partial charge in [0.05, 0.1) is 4.90 Å². The number of sulfonamides is 1. The molecule has 0 amide bonds. The third-order valence-corrected chi connectivity index (χ3v) is 6.06. The summed E-state index contributed by atoms with van der Waals surface area (Å²) >= 11 is 0. The molecule has 1 aromatic rings. The quantitative estimate of drug-likeness (QED) is 0.847. The van der Waals surface area contributed by atoms with Crippen LogP contribution in [0.5, 0.6) is 0 Å². The molecule has 2 rings (SSSR count). The van der Waals surface area contributed by atoms with E-state index >= 15 is 0 Å². The van der Waals surface area contributed by atoms with E-state index in [0.717, 1.165) is 30.4 Å². The first-order valence-electron chi connectivity index (χ1n) is 6.72. The van der Waals surface area contributed by atoms with Crippen LogP contribution in [0, 0.1) is 20.8 Å². The maximum absolute atomic E-state index is 12.8. The molecule has 0 bridgehead atoms. The molecule has 1 aromatic carbocycles. The van der Waals surface area contributed by atoms with E-state index in [1.54, 1.807) is 11.2 Å². The van der Waals surface area contributed by atoms with E-state index in [1.165, 1.54) is 0 Å². The standard InChI is InChI=1S/C14H22N2O2S/c1-10-9-11(2)14(12(3)13(10)15)19(17,18)16-7-5-4-6-8-16/h9H,4-8,15H2,1-3H3. The van der Waals surface area contributed by atoms with Gasteiger partial charge in [-0.05, 0) is 50.3 Å². The topological polar surface area (TPSA) is 63.4 Å². The minimum Gasteiger partial charge on any atom is -0.398 e. The zero-order chi connectivity index (χ0) is 14.2. The van der Waals surface area contributed by atoms with Crippen molar-refractivity contribution in [3.63, 3.8) is 0 Å². The summed E-state index contributed by atoms with van der Waals surface area (Å²) in [5.41, 5.74) is 8.99. The van der Waals surface area contributed by atoms with Gasteiger partial charge in [-0.2, -0.15) is 4.31 Å². The van der Waals surface area contributed by atoms with Gasteiger partial charge < -0.3 is 5.73 Å². The fraction of sp³-hybridized carbons (Fsp3) is 0.571. The Morgan fingerprint density at radius 3 is 2.21 bits per heavy atom. The lowest BCUT2D eigenvalue weighted by Crippen LogP contribution is -2.36. The van der Waals surface area contributed by atoms with Crippen LogP contribution >= 0.6 is 0 Å². The van der Waals surface area contributed by atoms with Gasteiger partial charge in [0.25, 0.3) is 0 Å². The molecule has 19 heavy (non-hydrogen) atoms. The number of rotatable bonds is 2. The van der Waals surface area contributed by atoms with Gasteiger partial charge in [-0.15, -0.1) is 0 Å². The number of hydrogen-bond acceptors (Lipinski definition) is 3. The van der Waals surface area contributed by atoms with Gasteiger partial charge in [0, 0.05) is 18.8 Å². The van der Waals surface area contributed by atoms with Crippen LogP contribution in [-0.4, -0.2) is 25.8 Å². The zero-order valence-corrected chi connectivity index (χ0v) is 12.7. The van der Waals surface area contributed by atoms with Crippen molar-refractivity contribution in [2.24, 2.45) is 0 Å². The predicted octanol–water partition coefficient (Wildman–Crippen LogP) is 2.37. The zero-order valence-electron chi connectivity index (χ0n) is 11.9. The van der Waals surface area contributed by atoms with Crippen LogP contribution in [0.15, 0.2) is 11.0 Å². The van der Waals surface area contributed by atoms with Crippen molar-refractivity contribution >= 4 is 15.7 Å². The van der Waals surface area contributed by atoms with E-state index in [-0.39, 0.29) is 0 Å². The van der Waals surface area contributed by atoms with E-state index in [4.69, 9.17) is 5.73 Å². The van der Waals surface area contributed by atoms with Crippen LogP contribution in [0.25, 0.3) is 0 Å². The summed E-state index contributed by atoms with van der Waals surface area (Å²) in [6.07, 6.45) is 3.00. The highest BCUT2D eigenvalue weighted by Crippen LogP contribution is 2.31. The molecule has 0 unspecified atom stereocenters. The summed E-state index contributed by atoms with van der Waals surface area (Å²) in [6.45, 7) is 6.79. The van der Waals surface area contributed by atoms with Gasteiger partial charge in [0.15, 0.2) is 0 Å². The Hall–Kier alpha value is -1.07. The Labute approximate surface area is 115 Å². The minimum atomic E-state index is -3.41. The van der Waals surface area contributed by atoms with E-state index < -0.39 is 10.0 Å². The Morgan fingerprint density at radius 1 is 1.05 bits per heavy atom. The molecule has 0 saturated carbocycles. The average Bonchev–Trinajstić information content (AvgIpc) is 2.37. The molecule has 1 fully saturated rings. The number of nitrogen functional groups attached to an aromatic ring is 1. The fourth-order valence-electron chi connectivity index (χ4n) is 2.81. The molecule has 4 nitrogen and oxygen atoms in total. The van der Waals surface area contributed by atoms with Crippen molar-refractivity contribution in [2.45, 2.75) is 44.9 Å². The second-order valence-electron chi connectivity index (χ2n) is 5.34. The summed E-state index contributed by atoms with van der Waals surface area (Å²) in [7, 11) is -3.41. The monoisotopic (exact) mass is 282 g/mol. The normalized spacial score (nSPS) is 17.6. The Kier molecular flexibility index (Phi) is 3.87. The molecule has 0 radical (unpaired) electrons. The van der Waals surface area contributed by atoms with Crippen LogP contribution in [0.1, 0.15) is 36.0 Å². The number of piperidine rings is 1. The third kappa shape index (κ3) is 2.49. The van der Waals surface area contributed by atoms with Crippen LogP contribution < -0.4 is 5.73 Å². The van der Waals surface area contributed by atoms with Crippen molar-refractivity contribution in [1.29, 1.82) is 0 Å². The summed E-state index contributed by atoms with van der Waals surface area (Å²) in [5, 5.41) is 0. The van der Waals surface area contributed by atoms with Crippen LogP contribution in [0.4, 0.5) is 5.69 Å². The molecular weight excluding hydrogens is 260 g/mol. The lowest BCUT2D eigenvalue weighted by atomic mass is 10.1. The van der Waals surface area contributed by atoms with Crippen molar-refractivity contribution in [1.82, 2.24) is 4.31 Å². The molecule has 0 atom stereocenters. The van der Waals surface area contributed by atoms with Crippen LogP contribution in [-0.2, 0) is 10.0 Å². The largest absolute Gasteiger partial charge is 0.398 e. The number of anilines is 1. The van der Waals surface area contributed by atoms with Crippen LogP contribution in [0.2, 0.25) is 0 Å². The van der Waals surface area contributed by atoms with Gasteiger partial charge in [-0.3, -0.25) is 0 Å². The maximum atomic E-state index is 12.8.